The number of aryl methyl sites for hydroxylation is 2. The Balaban J connectivity index is 1.51. The molecular weight excluding hydrogens is 346 g/mol. The number of carbonyl (C=O) groups excluding carboxylic acids is 1. The van der Waals surface area contributed by atoms with Gasteiger partial charge >= 0.3 is 0 Å². The Bertz CT molecular complexity index is 884. The van der Waals surface area contributed by atoms with Crippen molar-refractivity contribution in [2.24, 2.45) is 5.10 Å². The van der Waals surface area contributed by atoms with E-state index >= 15 is 0 Å². The van der Waals surface area contributed by atoms with Crippen molar-refractivity contribution in [1.82, 2.24) is 5.43 Å². The number of amides is 1. The lowest BCUT2D eigenvalue weighted by atomic mass is 10.1. The minimum absolute atomic E-state index is 0.0207. The second-order valence-electron chi connectivity index (χ2n) is 5.63. The molecule has 0 radical (unpaired) electrons. The van der Waals surface area contributed by atoms with Crippen LogP contribution in [0.1, 0.15) is 32.1 Å². The molecule has 0 unspecified atom stereocenters. The molecule has 1 aromatic heterocycles. The molecule has 1 aliphatic carbocycles. The number of nitro benzene ring substituents is 1. The highest BCUT2D eigenvalue weighted by Crippen LogP contribution is 2.37. The Hall–Kier alpha value is -2.94. The third kappa shape index (κ3) is 2.93. The number of hydrogen-bond acceptors (Lipinski definition) is 7. The Kier molecular flexibility index (Phi) is 3.85. The van der Waals surface area contributed by atoms with Gasteiger partial charge in [0.1, 0.15) is 0 Å². The van der Waals surface area contributed by atoms with Crippen molar-refractivity contribution in [2.45, 2.75) is 19.3 Å². The van der Waals surface area contributed by atoms with E-state index in [4.69, 9.17) is 9.47 Å². The molecule has 1 aliphatic heterocycles. The van der Waals surface area contributed by atoms with E-state index in [2.05, 4.69) is 10.5 Å². The number of rotatable bonds is 4. The molecule has 0 atom stereocenters. The number of hydrazone groups is 1. The summed E-state index contributed by atoms with van der Waals surface area (Å²) in [6.45, 7) is 0.0207. The summed E-state index contributed by atoms with van der Waals surface area (Å²) in [7, 11) is 0. The molecule has 0 saturated heterocycles. The van der Waals surface area contributed by atoms with Crippen LogP contribution in [0, 0.1) is 10.1 Å². The summed E-state index contributed by atoms with van der Waals surface area (Å²) < 4.78 is 10.3. The van der Waals surface area contributed by atoms with Gasteiger partial charge in [0, 0.05) is 4.88 Å². The molecular formula is C16H13N3O5S. The molecule has 1 aromatic carbocycles. The van der Waals surface area contributed by atoms with E-state index in [-0.39, 0.29) is 24.0 Å². The van der Waals surface area contributed by atoms with Gasteiger partial charge in [-0.2, -0.15) is 5.10 Å². The van der Waals surface area contributed by atoms with Crippen molar-refractivity contribution in [3.63, 3.8) is 0 Å². The topological polar surface area (TPSA) is 103 Å². The van der Waals surface area contributed by atoms with E-state index in [9.17, 15) is 14.9 Å². The van der Waals surface area contributed by atoms with Gasteiger partial charge in [-0.3, -0.25) is 14.9 Å². The fraction of sp³-hybridized carbons (Fsp3) is 0.250. The number of fused-ring (bicyclic) bond motifs is 2. The second kappa shape index (κ2) is 6.17. The highest BCUT2D eigenvalue weighted by Gasteiger charge is 2.23. The molecule has 0 spiro atoms. The second-order valence-corrected chi connectivity index (χ2v) is 6.77. The minimum Gasteiger partial charge on any atom is -0.454 e. The first-order valence-electron chi connectivity index (χ1n) is 7.65. The average Bonchev–Trinajstić information content (AvgIpc) is 3.28. The van der Waals surface area contributed by atoms with Gasteiger partial charge in [-0.1, -0.05) is 0 Å². The normalized spacial score (nSPS) is 14.7. The van der Waals surface area contributed by atoms with Crippen LogP contribution in [-0.2, 0) is 12.8 Å². The van der Waals surface area contributed by atoms with Crippen molar-refractivity contribution in [3.8, 4) is 11.5 Å². The maximum atomic E-state index is 12.2. The number of hydrogen-bond donors (Lipinski definition) is 1. The number of thiophene rings is 1. The molecule has 0 saturated carbocycles. The third-order valence-electron chi connectivity index (χ3n) is 4.06. The van der Waals surface area contributed by atoms with Crippen LogP contribution in [0.15, 0.2) is 23.3 Å². The average molecular weight is 359 g/mol. The molecule has 2 aliphatic rings. The summed E-state index contributed by atoms with van der Waals surface area (Å²) in [5.74, 6) is 0.410. The van der Waals surface area contributed by atoms with Crippen LogP contribution in [0.3, 0.4) is 0 Å². The van der Waals surface area contributed by atoms with Crippen LogP contribution in [0.4, 0.5) is 5.69 Å². The van der Waals surface area contributed by atoms with E-state index in [0.29, 0.717) is 16.4 Å². The maximum absolute atomic E-state index is 12.2. The van der Waals surface area contributed by atoms with E-state index < -0.39 is 4.92 Å². The zero-order valence-corrected chi connectivity index (χ0v) is 13.8. The fourth-order valence-electron chi connectivity index (χ4n) is 2.86. The monoisotopic (exact) mass is 359 g/mol. The summed E-state index contributed by atoms with van der Waals surface area (Å²) in [6, 6.07) is 4.64. The molecule has 4 rings (SSSR count). The zero-order chi connectivity index (χ0) is 17.4. The number of carbonyl (C=O) groups is 1. The number of nitrogens with one attached hydrogen (secondary N) is 1. The molecule has 2 heterocycles. The smallest absolute Gasteiger partial charge is 0.282 e. The van der Waals surface area contributed by atoms with E-state index in [1.807, 2.05) is 6.07 Å². The Morgan fingerprint density at radius 1 is 1.28 bits per heavy atom. The molecule has 128 valence electrons. The van der Waals surface area contributed by atoms with Gasteiger partial charge in [0.15, 0.2) is 11.5 Å². The minimum atomic E-state index is -0.533. The summed E-state index contributed by atoms with van der Waals surface area (Å²) in [5, 5.41) is 15.0. The Morgan fingerprint density at radius 2 is 2.08 bits per heavy atom. The van der Waals surface area contributed by atoms with Crippen molar-refractivity contribution in [2.75, 3.05) is 6.79 Å². The van der Waals surface area contributed by atoms with Crippen LogP contribution in [-0.4, -0.2) is 23.8 Å². The van der Waals surface area contributed by atoms with Crippen LogP contribution in [0.25, 0.3) is 0 Å². The predicted molar refractivity (Wildman–Crippen MR) is 90.6 cm³/mol. The molecule has 0 fully saturated rings. The molecule has 25 heavy (non-hydrogen) atoms. The van der Waals surface area contributed by atoms with Crippen LogP contribution in [0.5, 0.6) is 11.5 Å². The molecule has 9 heteroatoms. The van der Waals surface area contributed by atoms with Crippen LogP contribution >= 0.6 is 11.3 Å². The highest BCUT2D eigenvalue weighted by molar-refractivity contribution is 7.14. The highest BCUT2D eigenvalue weighted by atomic mass is 32.1. The van der Waals surface area contributed by atoms with E-state index in [1.54, 1.807) is 0 Å². The summed E-state index contributed by atoms with van der Waals surface area (Å²) in [6.07, 6.45) is 4.39. The predicted octanol–water partition coefficient (Wildman–Crippen LogP) is 2.64. The standard InChI is InChI=1S/C16H13N3O5S/c20-16(15-5-9-2-1-3-14(9)25-15)18-17-7-10-4-12-13(24-8-23-12)6-11(10)19(21)22/h4-7H,1-3,8H2,(H,18,20)/b17-7-. The fourth-order valence-corrected chi connectivity index (χ4v) is 4.01. The number of benzene rings is 1. The first-order chi connectivity index (χ1) is 12.1. The molecule has 2 aromatic rings. The van der Waals surface area contributed by atoms with Crippen molar-refractivity contribution in [1.29, 1.82) is 0 Å². The van der Waals surface area contributed by atoms with Crippen molar-refractivity contribution in [3.05, 3.63) is 49.2 Å². The van der Waals surface area contributed by atoms with Crippen LogP contribution < -0.4 is 14.9 Å². The van der Waals surface area contributed by atoms with E-state index in [1.165, 1.54) is 40.1 Å². The SMILES string of the molecule is O=C(N/N=C\c1cc2c(cc1[N+](=O)[O-])OCO2)c1cc2c(s1)CCC2. The quantitative estimate of drug-likeness (QED) is 0.513. The zero-order valence-electron chi connectivity index (χ0n) is 13.0. The Morgan fingerprint density at radius 3 is 2.84 bits per heavy atom. The molecule has 0 bridgehead atoms. The molecule has 8 nitrogen and oxygen atoms in total. The number of nitrogens with zero attached hydrogens (tertiary/aromatic N) is 2. The maximum Gasteiger partial charge on any atom is 0.282 e. The number of nitro groups is 1. The van der Waals surface area contributed by atoms with Gasteiger partial charge < -0.3 is 9.47 Å². The van der Waals surface area contributed by atoms with Crippen LogP contribution in [0.2, 0.25) is 0 Å². The van der Waals surface area contributed by atoms with Gasteiger partial charge in [-0.05, 0) is 37.0 Å². The van der Waals surface area contributed by atoms with Gasteiger partial charge in [-0.15, -0.1) is 11.3 Å². The summed E-state index contributed by atoms with van der Waals surface area (Å²) in [5.41, 5.74) is 3.70. The first-order valence-corrected chi connectivity index (χ1v) is 8.46. The van der Waals surface area contributed by atoms with Gasteiger partial charge in [0.2, 0.25) is 6.79 Å². The third-order valence-corrected chi connectivity index (χ3v) is 5.29. The van der Waals surface area contributed by atoms with E-state index in [0.717, 1.165) is 19.3 Å². The summed E-state index contributed by atoms with van der Waals surface area (Å²) >= 11 is 1.47. The van der Waals surface area contributed by atoms with Gasteiger partial charge in [0.05, 0.1) is 27.6 Å². The van der Waals surface area contributed by atoms with Gasteiger partial charge in [-0.25, -0.2) is 5.43 Å². The van der Waals surface area contributed by atoms with Gasteiger partial charge in [0.25, 0.3) is 11.6 Å². The largest absolute Gasteiger partial charge is 0.454 e. The first kappa shape index (κ1) is 15.6. The lowest BCUT2D eigenvalue weighted by Crippen LogP contribution is -2.16. The Labute approximate surface area is 146 Å². The lowest BCUT2D eigenvalue weighted by molar-refractivity contribution is -0.385. The summed E-state index contributed by atoms with van der Waals surface area (Å²) in [4.78, 5) is 24.7. The lowest BCUT2D eigenvalue weighted by Gasteiger charge is -2.01. The molecule has 1 amide bonds. The molecule has 1 N–H and O–H groups in total. The van der Waals surface area contributed by atoms with Crippen molar-refractivity contribution < 1.29 is 19.2 Å². The van der Waals surface area contributed by atoms with Crippen molar-refractivity contribution >= 4 is 29.1 Å². The number of ether oxygens (including phenoxy) is 2.